The lowest BCUT2D eigenvalue weighted by molar-refractivity contribution is 0.475. The number of benzene rings is 2. The van der Waals surface area contributed by atoms with Gasteiger partial charge in [-0.1, -0.05) is 23.7 Å². The Kier molecular flexibility index (Phi) is 4.86. The van der Waals surface area contributed by atoms with Crippen LogP contribution in [0.3, 0.4) is 0 Å². The van der Waals surface area contributed by atoms with Crippen LogP contribution in [0.15, 0.2) is 40.9 Å². The number of rotatable bonds is 4. The Bertz CT molecular complexity index is 586. The Hall–Kier alpha value is -1.03. The Morgan fingerprint density at radius 1 is 1.16 bits per heavy atom. The SMILES string of the molecule is CNCc1ccc(C)c(Oc2ccc(Cl)cc2Br)c1. The molecular weight excluding hydrogens is 326 g/mol. The first kappa shape index (κ1) is 14.4. The third-order valence-electron chi connectivity index (χ3n) is 2.75. The molecule has 0 radical (unpaired) electrons. The highest BCUT2D eigenvalue weighted by Crippen LogP contribution is 2.33. The molecule has 0 spiro atoms. The van der Waals surface area contributed by atoms with E-state index in [9.17, 15) is 0 Å². The lowest BCUT2D eigenvalue weighted by Gasteiger charge is -2.12. The monoisotopic (exact) mass is 339 g/mol. The van der Waals surface area contributed by atoms with Gasteiger partial charge in [0.15, 0.2) is 0 Å². The third kappa shape index (κ3) is 3.72. The van der Waals surface area contributed by atoms with Crippen LogP contribution in [0.1, 0.15) is 11.1 Å². The molecule has 1 N–H and O–H groups in total. The highest BCUT2D eigenvalue weighted by atomic mass is 79.9. The zero-order valence-corrected chi connectivity index (χ0v) is 13.2. The molecule has 0 heterocycles. The van der Waals surface area contributed by atoms with Crippen molar-refractivity contribution >= 4 is 27.5 Å². The highest BCUT2D eigenvalue weighted by molar-refractivity contribution is 9.10. The quantitative estimate of drug-likeness (QED) is 0.852. The molecule has 0 aliphatic heterocycles. The van der Waals surface area contributed by atoms with Gasteiger partial charge in [0.25, 0.3) is 0 Å². The van der Waals surface area contributed by atoms with Crippen LogP contribution in [-0.4, -0.2) is 7.05 Å². The summed E-state index contributed by atoms with van der Waals surface area (Å²) in [5.41, 5.74) is 2.29. The van der Waals surface area contributed by atoms with Gasteiger partial charge in [0.2, 0.25) is 0 Å². The van der Waals surface area contributed by atoms with Crippen molar-refractivity contribution in [3.8, 4) is 11.5 Å². The van der Waals surface area contributed by atoms with Crippen molar-refractivity contribution in [1.29, 1.82) is 0 Å². The maximum absolute atomic E-state index is 5.95. The largest absolute Gasteiger partial charge is 0.456 e. The van der Waals surface area contributed by atoms with E-state index in [2.05, 4.69) is 33.4 Å². The van der Waals surface area contributed by atoms with E-state index in [4.69, 9.17) is 16.3 Å². The average molecular weight is 341 g/mol. The predicted molar refractivity (Wildman–Crippen MR) is 83.2 cm³/mol. The fraction of sp³-hybridized carbons (Fsp3) is 0.200. The summed E-state index contributed by atoms with van der Waals surface area (Å²) in [7, 11) is 1.93. The van der Waals surface area contributed by atoms with Crippen LogP contribution in [0.2, 0.25) is 5.02 Å². The van der Waals surface area contributed by atoms with E-state index >= 15 is 0 Å². The summed E-state index contributed by atoms with van der Waals surface area (Å²) in [6, 6.07) is 11.7. The first-order chi connectivity index (χ1) is 9.10. The third-order valence-corrected chi connectivity index (χ3v) is 3.60. The molecule has 0 unspecified atom stereocenters. The number of hydrogen-bond acceptors (Lipinski definition) is 2. The van der Waals surface area contributed by atoms with Crippen molar-refractivity contribution in [2.75, 3.05) is 7.05 Å². The number of aryl methyl sites for hydroxylation is 1. The van der Waals surface area contributed by atoms with Gasteiger partial charge in [-0.3, -0.25) is 0 Å². The minimum absolute atomic E-state index is 0.680. The van der Waals surface area contributed by atoms with Crippen molar-refractivity contribution < 1.29 is 4.74 Å². The molecule has 0 amide bonds. The minimum atomic E-state index is 0.680. The second-order valence-corrected chi connectivity index (χ2v) is 5.60. The summed E-state index contributed by atoms with van der Waals surface area (Å²) >= 11 is 9.38. The van der Waals surface area contributed by atoms with Gasteiger partial charge in [-0.25, -0.2) is 0 Å². The van der Waals surface area contributed by atoms with E-state index < -0.39 is 0 Å². The summed E-state index contributed by atoms with van der Waals surface area (Å²) in [4.78, 5) is 0. The number of halogens is 2. The number of hydrogen-bond donors (Lipinski definition) is 1. The molecule has 0 aliphatic rings. The highest BCUT2D eigenvalue weighted by Gasteiger charge is 2.07. The summed E-state index contributed by atoms with van der Waals surface area (Å²) in [6.07, 6.45) is 0. The van der Waals surface area contributed by atoms with Crippen molar-refractivity contribution in [3.63, 3.8) is 0 Å². The second kappa shape index (κ2) is 6.42. The Morgan fingerprint density at radius 3 is 2.63 bits per heavy atom. The lowest BCUT2D eigenvalue weighted by atomic mass is 10.1. The van der Waals surface area contributed by atoms with Gasteiger partial charge in [0, 0.05) is 11.6 Å². The molecule has 2 rings (SSSR count). The zero-order valence-electron chi connectivity index (χ0n) is 10.8. The zero-order chi connectivity index (χ0) is 13.8. The molecule has 100 valence electrons. The molecule has 0 atom stereocenters. The van der Waals surface area contributed by atoms with Crippen LogP contribution >= 0.6 is 27.5 Å². The van der Waals surface area contributed by atoms with Gasteiger partial charge >= 0.3 is 0 Å². The summed E-state index contributed by atoms with van der Waals surface area (Å²) in [5.74, 6) is 1.62. The molecular formula is C15H15BrClNO. The van der Waals surface area contributed by atoms with Crippen molar-refractivity contribution in [2.24, 2.45) is 0 Å². The fourth-order valence-electron chi connectivity index (χ4n) is 1.74. The maximum atomic E-state index is 5.95. The van der Waals surface area contributed by atoms with E-state index in [1.807, 2.05) is 38.2 Å². The van der Waals surface area contributed by atoms with Crippen molar-refractivity contribution in [3.05, 3.63) is 57.0 Å². The van der Waals surface area contributed by atoms with Gasteiger partial charge in [-0.2, -0.15) is 0 Å². The van der Waals surface area contributed by atoms with Gasteiger partial charge < -0.3 is 10.1 Å². The van der Waals surface area contributed by atoms with Crippen LogP contribution in [0.25, 0.3) is 0 Å². The molecule has 19 heavy (non-hydrogen) atoms. The number of nitrogens with one attached hydrogen (secondary N) is 1. The van der Waals surface area contributed by atoms with Gasteiger partial charge in [-0.15, -0.1) is 0 Å². The van der Waals surface area contributed by atoms with E-state index in [0.29, 0.717) is 5.02 Å². The first-order valence-electron chi connectivity index (χ1n) is 5.97. The first-order valence-corrected chi connectivity index (χ1v) is 7.14. The summed E-state index contributed by atoms with van der Waals surface area (Å²) < 4.78 is 6.79. The topological polar surface area (TPSA) is 21.3 Å². The molecule has 0 saturated carbocycles. The van der Waals surface area contributed by atoms with E-state index in [-0.39, 0.29) is 0 Å². The molecule has 0 aliphatic carbocycles. The minimum Gasteiger partial charge on any atom is -0.456 e. The van der Waals surface area contributed by atoms with Crippen LogP contribution < -0.4 is 10.1 Å². The maximum Gasteiger partial charge on any atom is 0.141 e. The van der Waals surface area contributed by atoms with Crippen LogP contribution in [0, 0.1) is 6.92 Å². The molecule has 0 aromatic heterocycles. The van der Waals surface area contributed by atoms with Gasteiger partial charge in [0.1, 0.15) is 11.5 Å². The standard InChI is InChI=1S/C15H15BrClNO/c1-10-3-4-11(9-18-2)7-15(10)19-14-6-5-12(17)8-13(14)16/h3-8,18H,9H2,1-2H3. The Balaban J connectivity index is 2.29. The molecule has 0 bridgehead atoms. The summed E-state index contributed by atoms with van der Waals surface area (Å²) in [6.45, 7) is 2.85. The Labute approximate surface area is 126 Å². The Morgan fingerprint density at radius 2 is 1.95 bits per heavy atom. The predicted octanol–water partition coefficient (Wildman–Crippen LogP) is 4.92. The molecule has 4 heteroatoms. The van der Waals surface area contributed by atoms with Crippen LogP contribution in [-0.2, 0) is 6.54 Å². The lowest BCUT2D eigenvalue weighted by Crippen LogP contribution is -2.05. The van der Waals surface area contributed by atoms with Crippen molar-refractivity contribution in [1.82, 2.24) is 5.32 Å². The van der Waals surface area contributed by atoms with E-state index in [0.717, 1.165) is 28.1 Å². The van der Waals surface area contributed by atoms with Gasteiger partial charge in [0.05, 0.1) is 4.47 Å². The van der Waals surface area contributed by atoms with Crippen LogP contribution in [0.5, 0.6) is 11.5 Å². The van der Waals surface area contributed by atoms with Crippen molar-refractivity contribution in [2.45, 2.75) is 13.5 Å². The molecule has 0 saturated heterocycles. The molecule has 0 fully saturated rings. The van der Waals surface area contributed by atoms with E-state index in [1.165, 1.54) is 5.56 Å². The summed E-state index contributed by atoms with van der Waals surface area (Å²) in [5, 5.41) is 3.81. The van der Waals surface area contributed by atoms with Crippen LogP contribution in [0.4, 0.5) is 0 Å². The van der Waals surface area contributed by atoms with E-state index in [1.54, 1.807) is 0 Å². The molecule has 2 nitrogen and oxygen atoms in total. The second-order valence-electron chi connectivity index (χ2n) is 4.31. The smallest absolute Gasteiger partial charge is 0.141 e. The molecule has 2 aromatic rings. The normalized spacial score (nSPS) is 10.5. The molecule has 2 aromatic carbocycles. The fourth-order valence-corrected chi connectivity index (χ4v) is 2.51. The number of ether oxygens (including phenoxy) is 1. The van der Waals surface area contributed by atoms with Gasteiger partial charge in [-0.05, 0) is 65.3 Å². The average Bonchev–Trinajstić information content (AvgIpc) is 2.37.